The Morgan fingerprint density at radius 1 is 1.00 bits per heavy atom. The summed E-state index contributed by atoms with van der Waals surface area (Å²) in [4.78, 5) is 0. The molecule has 1 N–H and O–H groups in total. The Hall–Kier alpha value is -1.63. The van der Waals surface area contributed by atoms with Gasteiger partial charge in [-0.3, -0.25) is 0 Å². The molecule has 0 aliphatic carbocycles. The van der Waals surface area contributed by atoms with Gasteiger partial charge < -0.3 is 19.5 Å². The molecular formula is C21H27BrFNO3. The zero-order valence-corrected chi connectivity index (χ0v) is 17.5. The van der Waals surface area contributed by atoms with Gasteiger partial charge in [-0.25, -0.2) is 4.39 Å². The highest BCUT2D eigenvalue weighted by Crippen LogP contribution is 2.37. The van der Waals surface area contributed by atoms with E-state index in [0.29, 0.717) is 24.7 Å². The van der Waals surface area contributed by atoms with Crippen LogP contribution in [0.15, 0.2) is 40.9 Å². The zero-order chi connectivity index (χ0) is 19.5. The molecule has 0 unspecified atom stereocenters. The van der Waals surface area contributed by atoms with Crippen LogP contribution in [0.3, 0.4) is 0 Å². The summed E-state index contributed by atoms with van der Waals surface area (Å²) in [6, 6.07) is 10.3. The molecule has 0 spiro atoms. The van der Waals surface area contributed by atoms with Gasteiger partial charge in [-0.1, -0.05) is 12.1 Å². The third-order valence-corrected chi connectivity index (χ3v) is 4.43. The van der Waals surface area contributed by atoms with E-state index in [4.69, 9.17) is 14.2 Å². The van der Waals surface area contributed by atoms with Crippen LogP contribution in [0.2, 0.25) is 0 Å². The molecule has 0 radical (unpaired) electrons. The number of hydrogen-bond donors (Lipinski definition) is 1. The van der Waals surface area contributed by atoms with Crippen LogP contribution in [-0.4, -0.2) is 26.4 Å². The van der Waals surface area contributed by atoms with E-state index in [0.717, 1.165) is 48.3 Å². The molecule has 2 aromatic carbocycles. The zero-order valence-electron chi connectivity index (χ0n) is 15.9. The topological polar surface area (TPSA) is 39.7 Å². The minimum Gasteiger partial charge on any atom is -0.490 e. The summed E-state index contributed by atoms with van der Waals surface area (Å²) < 4.78 is 30.9. The van der Waals surface area contributed by atoms with Crippen LogP contribution in [0.1, 0.15) is 31.4 Å². The van der Waals surface area contributed by atoms with Gasteiger partial charge in [0.05, 0.1) is 11.1 Å². The third kappa shape index (κ3) is 7.48. The number of halogens is 2. The van der Waals surface area contributed by atoms with Gasteiger partial charge in [0.1, 0.15) is 12.4 Å². The number of rotatable bonds is 12. The number of benzene rings is 2. The Labute approximate surface area is 169 Å². The SMILES string of the molecule is CCOCCCNCc1cc(Br)c(OCc2ccc(F)cc2)c(OCC)c1. The monoisotopic (exact) mass is 439 g/mol. The molecule has 0 aliphatic rings. The van der Waals surface area contributed by atoms with E-state index in [1.165, 1.54) is 12.1 Å². The van der Waals surface area contributed by atoms with Gasteiger partial charge in [-0.2, -0.15) is 0 Å². The maximum absolute atomic E-state index is 13.0. The van der Waals surface area contributed by atoms with Crippen molar-refractivity contribution < 1.29 is 18.6 Å². The van der Waals surface area contributed by atoms with Gasteiger partial charge in [-0.15, -0.1) is 0 Å². The Morgan fingerprint density at radius 2 is 1.78 bits per heavy atom. The minimum absolute atomic E-state index is 0.256. The largest absolute Gasteiger partial charge is 0.490 e. The van der Waals surface area contributed by atoms with E-state index in [1.54, 1.807) is 12.1 Å². The Bertz CT molecular complexity index is 695. The summed E-state index contributed by atoms with van der Waals surface area (Å²) in [5.74, 6) is 1.09. The highest BCUT2D eigenvalue weighted by Gasteiger charge is 2.13. The fourth-order valence-electron chi connectivity index (χ4n) is 2.54. The van der Waals surface area contributed by atoms with Gasteiger partial charge in [0.2, 0.25) is 0 Å². The predicted molar refractivity (Wildman–Crippen MR) is 109 cm³/mol. The second kappa shape index (κ2) is 12.0. The lowest BCUT2D eigenvalue weighted by Gasteiger charge is -2.16. The fraction of sp³-hybridized carbons (Fsp3) is 0.429. The summed E-state index contributed by atoms with van der Waals surface area (Å²) in [6.45, 7) is 7.99. The average Bonchev–Trinajstić information content (AvgIpc) is 2.65. The molecule has 6 heteroatoms. The molecule has 0 saturated heterocycles. The van der Waals surface area contributed by atoms with E-state index in [-0.39, 0.29) is 5.82 Å². The smallest absolute Gasteiger partial charge is 0.175 e. The lowest BCUT2D eigenvalue weighted by Crippen LogP contribution is -2.16. The molecule has 0 amide bonds. The summed E-state index contributed by atoms with van der Waals surface area (Å²) in [5, 5.41) is 3.41. The Balaban J connectivity index is 1.98. The van der Waals surface area contributed by atoms with Gasteiger partial charge in [-0.05, 0) is 78.1 Å². The lowest BCUT2D eigenvalue weighted by atomic mass is 10.2. The van der Waals surface area contributed by atoms with Crippen molar-refractivity contribution in [3.8, 4) is 11.5 Å². The van der Waals surface area contributed by atoms with Gasteiger partial charge >= 0.3 is 0 Å². The van der Waals surface area contributed by atoms with Crippen molar-refractivity contribution in [2.24, 2.45) is 0 Å². The quantitative estimate of drug-likeness (QED) is 0.468. The van der Waals surface area contributed by atoms with E-state index in [2.05, 4.69) is 21.2 Å². The van der Waals surface area contributed by atoms with Gasteiger partial charge in [0.15, 0.2) is 11.5 Å². The highest BCUT2D eigenvalue weighted by molar-refractivity contribution is 9.10. The normalized spacial score (nSPS) is 10.8. The maximum atomic E-state index is 13.0. The minimum atomic E-state index is -0.256. The van der Waals surface area contributed by atoms with Crippen LogP contribution in [0.5, 0.6) is 11.5 Å². The van der Waals surface area contributed by atoms with Crippen LogP contribution in [-0.2, 0) is 17.9 Å². The summed E-state index contributed by atoms with van der Waals surface area (Å²) in [6.07, 6.45) is 0.978. The standard InChI is InChI=1S/C21H27BrFNO3/c1-3-25-11-5-10-24-14-17-12-19(22)21(20(13-17)26-4-2)27-15-16-6-8-18(23)9-7-16/h6-9,12-13,24H,3-5,10-11,14-15H2,1-2H3. The molecule has 0 heterocycles. The first-order valence-corrected chi connectivity index (χ1v) is 10.0. The predicted octanol–water partition coefficient (Wildman–Crippen LogP) is 5.08. The van der Waals surface area contributed by atoms with Crippen molar-refractivity contribution in [2.75, 3.05) is 26.4 Å². The fourth-order valence-corrected chi connectivity index (χ4v) is 3.14. The second-order valence-electron chi connectivity index (χ2n) is 5.98. The van der Waals surface area contributed by atoms with Crippen LogP contribution >= 0.6 is 15.9 Å². The van der Waals surface area contributed by atoms with Crippen molar-refractivity contribution in [1.82, 2.24) is 5.32 Å². The van der Waals surface area contributed by atoms with Crippen LogP contribution in [0.25, 0.3) is 0 Å². The molecule has 0 saturated carbocycles. The van der Waals surface area contributed by atoms with Crippen LogP contribution in [0.4, 0.5) is 4.39 Å². The van der Waals surface area contributed by atoms with Gasteiger partial charge in [0, 0.05) is 19.8 Å². The molecule has 0 bridgehead atoms. The molecular weight excluding hydrogens is 413 g/mol. The van der Waals surface area contributed by atoms with E-state index in [9.17, 15) is 4.39 Å². The highest BCUT2D eigenvalue weighted by atomic mass is 79.9. The first kappa shape index (κ1) is 21.7. The van der Waals surface area contributed by atoms with E-state index >= 15 is 0 Å². The maximum Gasteiger partial charge on any atom is 0.175 e. The molecule has 0 aromatic heterocycles. The number of hydrogen-bond acceptors (Lipinski definition) is 4. The van der Waals surface area contributed by atoms with Crippen molar-refractivity contribution in [2.45, 2.75) is 33.4 Å². The lowest BCUT2D eigenvalue weighted by molar-refractivity contribution is 0.144. The molecule has 27 heavy (non-hydrogen) atoms. The summed E-state index contributed by atoms with van der Waals surface area (Å²) in [5.41, 5.74) is 2.00. The molecule has 2 rings (SSSR count). The molecule has 0 atom stereocenters. The molecule has 4 nitrogen and oxygen atoms in total. The van der Waals surface area contributed by atoms with Crippen LogP contribution in [0, 0.1) is 5.82 Å². The number of nitrogens with one attached hydrogen (secondary N) is 1. The van der Waals surface area contributed by atoms with Crippen molar-refractivity contribution >= 4 is 15.9 Å². The Morgan fingerprint density at radius 3 is 2.48 bits per heavy atom. The summed E-state index contributed by atoms with van der Waals surface area (Å²) >= 11 is 3.58. The third-order valence-electron chi connectivity index (χ3n) is 3.84. The average molecular weight is 440 g/mol. The first-order valence-electron chi connectivity index (χ1n) is 9.25. The first-order chi connectivity index (χ1) is 13.1. The van der Waals surface area contributed by atoms with Crippen molar-refractivity contribution in [1.29, 1.82) is 0 Å². The van der Waals surface area contributed by atoms with Crippen molar-refractivity contribution in [3.05, 3.63) is 57.8 Å². The molecule has 2 aromatic rings. The van der Waals surface area contributed by atoms with Gasteiger partial charge in [0.25, 0.3) is 0 Å². The van der Waals surface area contributed by atoms with E-state index < -0.39 is 0 Å². The summed E-state index contributed by atoms with van der Waals surface area (Å²) in [7, 11) is 0. The molecule has 0 fully saturated rings. The number of ether oxygens (including phenoxy) is 3. The van der Waals surface area contributed by atoms with Crippen LogP contribution < -0.4 is 14.8 Å². The molecule has 148 valence electrons. The second-order valence-corrected chi connectivity index (χ2v) is 6.83. The van der Waals surface area contributed by atoms with E-state index in [1.807, 2.05) is 26.0 Å². The Kier molecular flexibility index (Phi) is 9.59. The molecule has 0 aliphatic heterocycles. The van der Waals surface area contributed by atoms with Crippen molar-refractivity contribution in [3.63, 3.8) is 0 Å².